The van der Waals surface area contributed by atoms with Crippen molar-refractivity contribution < 1.29 is 33.9 Å². The normalized spacial score (nSPS) is 25.9. The number of phenols is 1. The average Bonchev–Trinajstić information content (AvgIpc) is 3.57. The molecule has 3 rings (SSSR count). The van der Waals surface area contributed by atoms with Crippen LogP contribution in [0.15, 0.2) is 24.3 Å². The van der Waals surface area contributed by atoms with Crippen LogP contribution in [0.1, 0.15) is 99.5 Å². The van der Waals surface area contributed by atoms with Crippen molar-refractivity contribution in [2.75, 3.05) is 20.6 Å². The zero-order valence-electron chi connectivity index (χ0n) is 33.5. The summed E-state index contributed by atoms with van der Waals surface area (Å²) in [5.74, 6) is -2.72. The molecule has 296 valence electrons. The van der Waals surface area contributed by atoms with Gasteiger partial charge in [0.25, 0.3) is 0 Å². The van der Waals surface area contributed by atoms with Crippen molar-refractivity contribution in [3.8, 4) is 5.75 Å². The predicted octanol–water partition coefficient (Wildman–Crippen LogP) is 3.23. The van der Waals surface area contributed by atoms with Gasteiger partial charge in [0.1, 0.15) is 42.0 Å². The van der Waals surface area contributed by atoms with E-state index in [1.165, 1.54) is 26.8 Å². The molecule has 0 radical (unpaired) electrons. The highest BCUT2D eigenvalue weighted by atomic mass is 16.3. The summed E-state index contributed by atoms with van der Waals surface area (Å²) in [5, 5.41) is 18.6. The Balaban J connectivity index is 2.19. The molecule has 6 amide bonds. The Labute approximate surface area is 316 Å². The molecule has 0 aliphatic carbocycles. The van der Waals surface area contributed by atoms with Crippen LogP contribution in [0.2, 0.25) is 0 Å². The van der Waals surface area contributed by atoms with Crippen molar-refractivity contribution in [3.05, 3.63) is 29.8 Å². The second kappa shape index (κ2) is 19.3. The van der Waals surface area contributed by atoms with Gasteiger partial charge < -0.3 is 35.8 Å². The van der Waals surface area contributed by atoms with E-state index in [4.69, 9.17) is 0 Å². The van der Waals surface area contributed by atoms with E-state index < -0.39 is 65.8 Å². The van der Waals surface area contributed by atoms with Gasteiger partial charge in [0.2, 0.25) is 35.4 Å². The van der Waals surface area contributed by atoms with E-state index in [1.54, 1.807) is 26.2 Å². The molecule has 0 bridgehead atoms. The first-order valence-electron chi connectivity index (χ1n) is 19.3. The number of aromatic hydroxyl groups is 1. The van der Waals surface area contributed by atoms with Gasteiger partial charge in [-0.3, -0.25) is 28.8 Å². The monoisotopic (exact) mass is 740 g/mol. The van der Waals surface area contributed by atoms with Crippen molar-refractivity contribution in [2.24, 2.45) is 23.7 Å². The minimum absolute atomic E-state index is 0.00678. The maximum Gasteiger partial charge on any atom is 0.245 e. The van der Waals surface area contributed by atoms with Crippen LogP contribution in [0, 0.1) is 23.7 Å². The van der Waals surface area contributed by atoms with Crippen molar-refractivity contribution in [1.82, 2.24) is 30.7 Å². The Morgan fingerprint density at radius 2 is 1.08 bits per heavy atom. The molecular formula is C40H64N6O7. The molecule has 2 aliphatic rings. The molecule has 13 heteroatoms. The highest BCUT2D eigenvalue weighted by molar-refractivity contribution is 5.98. The number of amides is 6. The third-order valence-corrected chi connectivity index (χ3v) is 10.1. The lowest BCUT2D eigenvalue weighted by Crippen LogP contribution is -2.62. The Morgan fingerprint density at radius 3 is 1.62 bits per heavy atom. The fourth-order valence-electron chi connectivity index (χ4n) is 7.32. The number of rotatable bonds is 10. The number of carbonyl (C=O) groups is 6. The third kappa shape index (κ3) is 11.9. The van der Waals surface area contributed by atoms with Gasteiger partial charge in [-0.25, -0.2) is 0 Å². The van der Waals surface area contributed by atoms with Crippen molar-refractivity contribution in [2.45, 2.75) is 137 Å². The number of carbonyl (C=O) groups excluding carboxylic acids is 6. The zero-order valence-corrected chi connectivity index (χ0v) is 33.5. The largest absolute Gasteiger partial charge is 0.508 e. The van der Waals surface area contributed by atoms with Crippen molar-refractivity contribution in [3.63, 3.8) is 0 Å². The number of phenolic OH excluding ortho intramolecular Hbond substituents is 1. The van der Waals surface area contributed by atoms with Crippen LogP contribution in [0.5, 0.6) is 5.75 Å². The topological polar surface area (TPSA) is 168 Å². The molecule has 0 aromatic heterocycles. The van der Waals surface area contributed by atoms with Gasteiger partial charge in [-0.05, 0) is 79.9 Å². The van der Waals surface area contributed by atoms with Gasteiger partial charge in [0.05, 0.1) is 0 Å². The van der Waals surface area contributed by atoms with E-state index >= 15 is 0 Å². The number of nitrogens with zero attached hydrogens (tertiary/aromatic N) is 3. The van der Waals surface area contributed by atoms with Crippen LogP contribution in [0.25, 0.3) is 0 Å². The highest BCUT2D eigenvalue weighted by Crippen LogP contribution is 2.24. The van der Waals surface area contributed by atoms with Gasteiger partial charge in [0.15, 0.2) is 0 Å². The van der Waals surface area contributed by atoms with E-state index in [1.807, 2.05) is 55.4 Å². The van der Waals surface area contributed by atoms with E-state index in [0.29, 0.717) is 44.2 Å². The molecule has 0 unspecified atom stereocenters. The number of fused-ring (bicyclic) bond motifs is 1. The second-order valence-corrected chi connectivity index (χ2v) is 16.7. The van der Waals surface area contributed by atoms with E-state index in [9.17, 15) is 33.9 Å². The summed E-state index contributed by atoms with van der Waals surface area (Å²) in [6.45, 7) is 15.9. The smallest absolute Gasteiger partial charge is 0.245 e. The molecule has 0 saturated carbocycles. The molecule has 2 aliphatic heterocycles. The Kier molecular flexibility index (Phi) is 15.7. The van der Waals surface area contributed by atoms with Gasteiger partial charge in [-0.2, -0.15) is 0 Å². The molecule has 0 spiro atoms. The molecule has 1 aromatic carbocycles. The number of hydrogen-bond donors (Lipinski definition) is 4. The van der Waals surface area contributed by atoms with E-state index in [0.717, 1.165) is 0 Å². The molecule has 6 atom stereocenters. The fraction of sp³-hybridized carbons (Fsp3) is 0.700. The van der Waals surface area contributed by atoms with Crippen molar-refractivity contribution in [1.29, 1.82) is 0 Å². The standard InChI is InChI=1S/C40H64N6O7/c1-23(2)18-30-38(51)45(10)34(21-26(7)8)40(53)44(9)33(20-25(5)6)37(50)43-31(19-24(3)4)39(52)46-17-11-12-32(46)36(49)41-29(35(48)42-30)22-27-13-15-28(47)16-14-27/h13-16,23-26,29-34,47H,11-12,17-22H2,1-10H3,(H,41,49)(H,42,48)(H,43,50)/t29-,30-,31+,32-,33+,34+/m0/s1. The lowest BCUT2D eigenvalue weighted by Gasteiger charge is -2.38. The lowest BCUT2D eigenvalue weighted by molar-refractivity contribution is -0.150. The number of hydrogen-bond acceptors (Lipinski definition) is 7. The maximum atomic E-state index is 14.5. The minimum atomic E-state index is -1.13. The van der Waals surface area contributed by atoms with E-state index in [2.05, 4.69) is 16.0 Å². The maximum absolute atomic E-state index is 14.5. The molecule has 2 heterocycles. The number of likely N-dealkylation sites (N-methyl/N-ethyl adjacent to an activating group) is 2. The molecule has 4 N–H and O–H groups in total. The SMILES string of the molecule is CC(C)C[C@@H]1NC(=O)[C@H](Cc2ccc(O)cc2)NC(=O)[C@@H]2CCCN2C(=O)[C@@H](CC(C)C)NC(=O)[C@@H](CC(C)C)N(C)C(=O)[C@@H](CC(C)C)N(C)C1=O. The predicted molar refractivity (Wildman–Crippen MR) is 203 cm³/mol. The first kappa shape index (κ1) is 43.2. The molecule has 2 saturated heterocycles. The van der Waals surface area contributed by atoms with Crippen LogP contribution < -0.4 is 16.0 Å². The van der Waals surface area contributed by atoms with Gasteiger partial charge in [-0.15, -0.1) is 0 Å². The number of benzene rings is 1. The van der Waals surface area contributed by atoms with Crippen LogP contribution in [0.3, 0.4) is 0 Å². The van der Waals surface area contributed by atoms with Crippen LogP contribution in [0.4, 0.5) is 0 Å². The molecule has 1 aromatic rings. The molecule has 53 heavy (non-hydrogen) atoms. The zero-order chi connectivity index (χ0) is 39.7. The molecule has 2 fully saturated rings. The minimum Gasteiger partial charge on any atom is -0.508 e. The Morgan fingerprint density at radius 1 is 0.604 bits per heavy atom. The van der Waals surface area contributed by atoms with Crippen molar-refractivity contribution >= 4 is 35.4 Å². The average molecular weight is 741 g/mol. The van der Waals surface area contributed by atoms with E-state index in [-0.39, 0.29) is 48.2 Å². The number of nitrogens with one attached hydrogen (secondary N) is 3. The summed E-state index contributed by atoms with van der Waals surface area (Å²) >= 11 is 0. The fourth-order valence-corrected chi connectivity index (χ4v) is 7.32. The molecule has 13 nitrogen and oxygen atoms in total. The second-order valence-electron chi connectivity index (χ2n) is 16.7. The quantitative estimate of drug-likeness (QED) is 0.286. The van der Waals surface area contributed by atoms with Crippen LogP contribution in [-0.4, -0.2) is 112 Å². The first-order valence-corrected chi connectivity index (χ1v) is 19.3. The van der Waals surface area contributed by atoms with Gasteiger partial charge in [0, 0.05) is 27.1 Å². The Bertz CT molecular complexity index is 1450. The highest BCUT2D eigenvalue weighted by Gasteiger charge is 2.42. The lowest BCUT2D eigenvalue weighted by atomic mass is 9.95. The van der Waals surface area contributed by atoms with Gasteiger partial charge >= 0.3 is 0 Å². The summed E-state index contributed by atoms with van der Waals surface area (Å²) in [7, 11) is 3.12. The summed E-state index contributed by atoms with van der Waals surface area (Å²) in [4.78, 5) is 89.9. The van der Waals surface area contributed by atoms with Crippen LogP contribution >= 0.6 is 0 Å². The molecular weight excluding hydrogens is 676 g/mol. The first-order chi connectivity index (χ1) is 24.8. The van der Waals surface area contributed by atoms with Crippen LogP contribution in [-0.2, 0) is 35.2 Å². The summed E-state index contributed by atoms with van der Waals surface area (Å²) in [6, 6.07) is 0.453. The summed E-state index contributed by atoms with van der Waals surface area (Å²) in [6.07, 6.45) is 2.21. The summed E-state index contributed by atoms with van der Waals surface area (Å²) in [5.41, 5.74) is 0.662. The third-order valence-electron chi connectivity index (χ3n) is 10.1. The summed E-state index contributed by atoms with van der Waals surface area (Å²) < 4.78 is 0. The van der Waals surface area contributed by atoms with Gasteiger partial charge in [-0.1, -0.05) is 67.5 Å². The Hall–Kier alpha value is -4.16.